The molecule has 4 rings (SSSR count). The van der Waals surface area contributed by atoms with Crippen molar-refractivity contribution in [1.29, 1.82) is 0 Å². The van der Waals surface area contributed by atoms with Gasteiger partial charge in [0.1, 0.15) is 16.3 Å². The number of ether oxygens (including phenoxy) is 1. The molecule has 1 amide bonds. The van der Waals surface area contributed by atoms with E-state index < -0.39 is 0 Å². The number of thioether (sulfide) groups is 1. The molecule has 2 heterocycles. The molecule has 0 atom stereocenters. The number of carbonyl (C=O) groups excluding carboxylic acids is 1. The molecule has 158 valence electrons. The summed E-state index contributed by atoms with van der Waals surface area (Å²) in [6.07, 6.45) is 0. The number of fused-ring (bicyclic) bond motifs is 1. The van der Waals surface area contributed by atoms with Gasteiger partial charge >= 0.3 is 0 Å². The van der Waals surface area contributed by atoms with Crippen molar-refractivity contribution in [3.63, 3.8) is 0 Å². The third-order valence-electron chi connectivity index (χ3n) is 4.51. The molecular formula is C22H18FN3O3S2. The summed E-state index contributed by atoms with van der Waals surface area (Å²) < 4.78 is 20.6. The number of anilines is 1. The highest BCUT2D eigenvalue weighted by molar-refractivity contribution is 7.99. The summed E-state index contributed by atoms with van der Waals surface area (Å²) in [5, 5.41) is 4.98. The number of para-hydroxylation sites is 1. The van der Waals surface area contributed by atoms with E-state index in [0.29, 0.717) is 26.8 Å². The number of methoxy groups -OCH3 is 1. The Morgan fingerprint density at radius 3 is 2.74 bits per heavy atom. The van der Waals surface area contributed by atoms with E-state index in [9.17, 15) is 14.0 Å². The molecule has 0 radical (unpaired) electrons. The number of aromatic nitrogens is 2. The number of benzene rings is 2. The Labute approximate surface area is 185 Å². The van der Waals surface area contributed by atoms with Gasteiger partial charge in [0.15, 0.2) is 5.16 Å². The molecule has 31 heavy (non-hydrogen) atoms. The smallest absolute Gasteiger partial charge is 0.272 e. The number of hydrogen-bond acceptors (Lipinski definition) is 6. The summed E-state index contributed by atoms with van der Waals surface area (Å²) in [6, 6.07) is 14.8. The van der Waals surface area contributed by atoms with E-state index in [1.54, 1.807) is 17.7 Å². The highest BCUT2D eigenvalue weighted by atomic mass is 32.2. The summed E-state index contributed by atoms with van der Waals surface area (Å²) in [5.41, 5.74) is 1.78. The normalized spacial score (nSPS) is 10.9. The van der Waals surface area contributed by atoms with Gasteiger partial charge in [0.25, 0.3) is 5.56 Å². The quantitative estimate of drug-likeness (QED) is 0.331. The number of amides is 1. The van der Waals surface area contributed by atoms with E-state index in [0.717, 1.165) is 5.56 Å². The molecule has 2 aromatic carbocycles. The van der Waals surface area contributed by atoms with Crippen molar-refractivity contribution >= 4 is 44.9 Å². The van der Waals surface area contributed by atoms with E-state index in [1.807, 2.05) is 29.6 Å². The summed E-state index contributed by atoms with van der Waals surface area (Å²) >= 11 is 2.51. The highest BCUT2D eigenvalue weighted by Crippen LogP contribution is 2.24. The first-order valence-corrected chi connectivity index (χ1v) is 11.2. The van der Waals surface area contributed by atoms with Crippen LogP contribution in [0.15, 0.2) is 69.9 Å². The zero-order valence-corrected chi connectivity index (χ0v) is 18.1. The standard InChI is InChI=1S/C22H18FN3O3S2/c1-29-18-5-3-2-4-14(18)12-26-21(28)20-17(10-11-30-20)25-22(26)31-13-19(27)24-16-8-6-15(23)7-9-16/h2-11H,12-13H2,1H3,(H,24,27). The second kappa shape index (κ2) is 9.32. The number of hydrogen-bond donors (Lipinski definition) is 1. The lowest BCUT2D eigenvalue weighted by Crippen LogP contribution is -2.24. The molecule has 0 saturated carbocycles. The SMILES string of the molecule is COc1ccccc1Cn1c(SCC(=O)Nc2ccc(F)cc2)nc2ccsc2c1=O. The zero-order valence-electron chi connectivity index (χ0n) is 16.5. The number of halogens is 1. The van der Waals surface area contributed by atoms with Crippen LogP contribution < -0.4 is 15.6 Å². The molecule has 1 N–H and O–H groups in total. The maximum Gasteiger partial charge on any atom is 0.272 e. The Hall–Kier alpha value is -3.17. The molecular weight excluding hydrogens is 437 g/mol. The number of carbonyl (C=O) groups is 1. The van der Waals surface area contributed by atoms with Gasteiger partial charge in [-0.05, 0) is 41.8 Å². The average molecular weight is 456 g/mol. The monoisotopic (exact) mass is 455 g/mol. The van der Waals surface area contributed by atoms with Crippen molar-refractivity contribution in [2.24, 2.45) is 0 Å². The van der Waals surface area contributed by atoms with Gasteiger partial charge in [-0.2, -0.15) is 0 Å². The largest absolute Gasteiger partial charge is 0.496 e. The van der Waals surface area contributed by atoms with Crippen LogP contribution in [0.1, 0.15) is 5.56 Å². The zero-order chi connectivity index (χ0) is 21.8. The lowest BCUT2D eigenvalue weighted by atomic mass is 10.2. The Morgan fingerprint density at radius 1 is 1.19 bits per heavy atom. The fraction of sp³-hybridized carbons (Fsp3) is 0.136. The molecule has 0 saturated heterocycles. The van der Waals surface area contributed by atoms with Gasteiger partial charge < -0.3 is 10.1 Å². The predicted octanol–water partition coefficient (Wildman–Crippen LogP) is 4.38. The Balaban J connectivity index is 1.60. The summed E-state index contributed by atoms with van der Waals surface area (Å²) in [6.45, 7) is 0.269. The molecule has 0 aliphatic rings. The maximum absolute atomic E-state index is 13.1. The minimum atomic E-state index is -0.374. The van der Waals surface area contributed by atoms with E-state index in [2.05, 4.69) is 10.3 Å². The van der Waals surface area contributed by atoms with Crippen LogP contribution in [0.5, 0.6) is 5.75 Å². The minimum Gasteiger partial charge on any atom is -0.496 e. The Kier molecular flexibility index (Phi) is 6.34. The van der Waals surface area contributed by atoms with Crippen molar-refractivity contribution < 1.29 is 13.9 Å². The van der Waals surface area contributed by atoms with E-state index in [-0.39, 0.29) is 29.6 Å². The third kappa shape index (κ3) is 4.78. The molecule has 0 aliphatic heterocycles. The van der Waals surface area contributed by atoms with Crippen molar-refractivity contribution in [3.8, 4) is 5.75 Å². The van der Waals surface area contributed by atoms with Crippen molar-refractivity contribution in [2.75, 3.05) is 18.2 Å². The minimum absolute atomic E-state index is 0.0470. The van der Waals surface area contributed by atoms with Crippen LogP contribution in [-0.4, -0.2) is 28.3 Å². The third-order valence-corrected chi connectivity index (χ3v) is 6.38. The number of rotatable bonds is 7. The molecule has 0 unspecified atom stereocenters. The van der Waals surface area contributed by atoms with E-state index in [1.165, 1.54) is 47.4 Å². The van der Waals surface area contributed by atoms with Gasteiger partial charge in [0.05, 0.1) is 24.9 Å². The second-order valence-corrected chi connectivity index (χ2v) is 8.43. The van der Waals surface area contributed by atoms with E-state index >= 15 is 0 Å². The lowest BCUT2D eigenvalue weighted by molar-refractivity contribution is -0.113. The molecule has 4 aromatic rings. The number of nitrogens with zero attached hydrogens (tertiary/aromatic N) is 2. The Bertz CT molecular complexity index is 1290. The second-order valence-electron chi connectivity index (χ2n) is 6.58. The Morgan fingerprint density at radius 2 is 1.97 bits per heavy atom. The van der Waals surface area contributed by atoms with Crippen LogP contribution in [0.2, 0.25) is 0 Å². The highest BCUT2D eigenvalue weighted by Gasteiger charge is 2.16. The lowest BCUT2D eigenvalue weighted by Gasteiger charge is -2.14. The first-order chi connectivity index (χ1) is 15.0. The molecule has 0 bridgehead atoms. The molecule has 6 nitrogen and oxygen atoms in total. The molecule has 0 spiro atoms. The molecule has 0 fully saturated rings. The average Bonchev–Trinajstić information content (AvgIpc) is 3.25. The van der Waals surface area contributed by atoms with Gasteiger partial charge in [0.2, 0.25) is 5.91 Å². The fourth-order valence-electron chi connectivity index (χ4n) is 3.04. The summed E-state index contributed by atoms with van der Waals surface area (Å²) in [5.74, 6) is 0.0672. The first kappa shape index (κ1) is 21.1. The summed E-state index contributed by atoms with van der Waals surface area (Å²) in [7, 11) is 1.58. The first-order valence-electron chi connectivity index (χ1n) is 9.33. The van der Waals surface area contributed by atoms with Crippen molar-refractivity contribution in [3.05, 3.63) is 81.7 Å². The number of thiophene rings is 1. The van der Waals surface area contributed by atoms with Gasteiger partial charge in [-0.25, -0.2) is 9.37 Å². The maximum atomic E-state index is 13.1. The van der Waals surface area contributed by atoms with Crippen LogP contribution in [0.25, 0.3) is 10.2 Å². The molecule has 0 aliphatic carbocycles. The van der Waals surface area contributed by atoms with Crippen molar-refractivity contribution in [2.45, 2.75) is 11.7 Å². The van der Waals surface area contributed by atoms with Gasteiger partial charge in [-0.15, -0.1) is 11.3 Å². The van der Waals surface area contributed by atoms with Gasteiger partial charge in [-0.1, -0.05) is 30.0 Å². The predicted molar refractivity (Wildman–Crippen MR) is 122 cm³/mol. The summed E-state index contributed by atoms with van der Waals surface area (Å²) in [4.78, 5) is 30.1. The van der Waals surface area contributed by atoms with Crippen LogP contribution in [-0.2, 0) is 11.3 Å². The van der Waals surface area contributed by atoms with Crippen LogP contribution in [0.3, 0.4) is 0 Å². The van der Waals surface area contributed by atoms with Gasteiger partial charge in [-0.3, -0.25) is 14.2 Å². The van der Waals surface area contributed by atoms with Crippen LogP contribution in [0, 0.1) is 5.82 Å². The van der Waals surface area contributed by atoms with E-state index in [4.69, 9.17) is 4.74 Å². The van der Waals surface area contributed by atoms with Gasteiger partial charge in [0, 0.05) is 11.3 Å². The topological polar surface area (TPSA) is 73.2 Å². The van der Waals surface area contributed by atoms with Crippen LogP contribution >= 0.6 is 23.1 Å². The molecule has 9 heteroatoms. The van der Waals surface area contributed by atoms with Crippen LogP contribution in [0.4, 0.5) is 10.1 Å². The van der Waals surface area contributed by atoms with Crippen molar-refractivity contribution in [1.82, 2.24) is 9.55 Å². The number of nitrogens with one attached hydrogen (secondary N) is 1. The fourth-order valence-corrected chi connectivity index (χ4v) is 4.61. The molecule has 2 aromatic heterocycles.